The Bertz CT molecular complexity index is 418. The molecule has 0 saturated heterocycles. The van der Waals surface area contributed by atoms with E-state index in [2.05, 4.69) is 20.6 Å². The maximum absolute atomic E-state index is 12.7. The summed E-state index contributed by atoms with van der Waals surface area (Å²) in [6.07, 6.45) is 0.535. The van der Waals surface area contributed by atoms with Crippen LogP contribution < -0.4 is 4.74 Å². The molecule has 78 valence electrons. The summed E-state index contributed by atoms with van der Waals surface area (Å²) in [6, 6.07) is 5.99. The summed E-state index contributed by atoms with van der Waals surface area (Å²) in [5, 5.41) is 13.3. The standard InChI is InChI=1S/C9H9FN4O/c10-7-2-1-3-8(6-7)15-5-4-9-11-13-14-12-9/h1-3,6H,4-5H2,(H,11,12,13,14). The molecule has 2 aromatic rings. The van der Waals surface area contributed by atoms with E-state index < -0.39 is 0 Å². The molecule has 0 spiro atoms. The van der Waals surface area contributed by atoms with Crippen LogP contribution in [0, 0.1) is 5.82 Å². The predicted molar refractivity (Wildman–Crippen MR) is 49.8 cm³/mol. The fourth-order valence-electron chi connectivity index (χ4n) is 1.11. The van der Waals surface area contributed by atoms with Crippen molar-refractivity contribution in [2.24, 2.45) is 0 Å². The first-order valence-electron chi connectivity index (χ1n) is 4.45. The molecule has 1 heterocycles. The van der Waals surface area contributed by atoms with Gasteiger partial charge in [-0.25, -0.2) is 4.39 Å². The molecule has 1 aromatic heterocycles. The van der Waals surface area contributed by atoms with E-state index in [1.165, 1.54) is 12.1 Å². The molecule has 0 amide bonds. The molecule has 6 heteroatoms. The van der Waals surface area contributed by atoms with E-state index in [9.17, 15) is 4.39 Å². The Morgan fingerprint density at radius 2 is 2.33 bits per heavy atom. The molecule has 2 rings (SSSR count). The zero-order chi connectivity index (χ0) is 10.5. The molecule has 0 aliphatic carbocycles. The van der Waals surface area contributed by atoms with Gasteiger partial charge in [0.25, 0.3) is 0 Å². The van der Waals surface area contributed by atoms with Crippen molar-refractivity contribution in [2.75, 3.05) is 6.61 Å². The Morgan fingerprint density at radius 1 is 1.40 bits per heavy atom. The fourth-order valence-corrected chi connectivity index (χ4v) is 1.11. The number of rotatable bonds is 4. The van der Waals surface area contributed by atoms with E-state index in [0.29, 0.717) is 24.6 Å². The zero-order valence-electron chi connectivity index (χ0n) is 7.85. The number of H-pyrrole nitrogens is 1. The van der Waals surface area contributed by atoms with Crippen molar-refractivity contribution in [1.29, 1.82) is 0 Å². The minimum Gasteiger partial charge on any atom is -0.493 e. The third-order valence-electron chi connectivity index (χ3n) is 1.78. The fraction of sp³-hybridized carbons (Fsp3) is 0.222. The maximum atomic E-state index is 12.7. The molecule has 0 radical (unpaired) electrons. The van der Waals surface area contributed by atoms with Crippen LogP contribution in [0.5, 0.6) is 5.75 Å². The molecule has 0 unspecified atom stereocenters. The third kappa shape index (κ3) is 2.73. The Balaban J connectivity index is 1.83. The van der Waals surface area contributed by atoms with Gasteiger partial charge in [-0.15, -0.1) is 10.2 Å². The number of ether oxygens (including phenoxy) is 1. The molecule has 1 N–H and O–H groups in total. The predicted octanol–water partition coefficient (Wildman–Crippen LogP) is 0.960. The molecule has 1 aromatic carbocycles. The minimum atomic E-state index is -0.313. The molecular formula is C9H9FN4O. The van der Waals surface area contributed by atoms with Crippen LogP contribution in [0.15, 0.2) is 24.3 Å². The highest BCUT2D eigenvalue weighted by Gasteiger charge is 1.99. The van der Waals surface area contributed by atoms with Gasteiger partial charge in [0.2, 0.25) is 0 Å². The van der Waals surface area contributed by atoms with Crippen molar-refractivity contribution in [3.8, 4) is 5.75 Å². The molecule has 0 fully saturated rings. The van der Waals surface area contributed by atoms with Crippen molar-refractivity contribution in [3.63, 3.8) is 0 Å². The van der Waals surface area contributed by atoms with Gasteiger partial charge < -0.3 is 4.74 Å². The normalized spacial score (nSPS) is 10.2. The molecule has 0 saturated carbocycles. The number of halogens is 1. The first-order valence-corrected chi connectivity index (χ1v) is 4.45. The van der Waals surface area contributed by atoms with Crippen molar-refractivity contribution in [2.45, 2.75) is 6.42 Å². The van der Waals surface area contributed by atoms with Crippen molar-refractivity contribution in [1.82, 2.24) is 20.6 Å². The van der Waals surface area contributed by atoms with Crippen LogP contribution in [0.3, 0.4) is 0 Å². The van der Waals surface area contributed by atoms with Gasteiger partial charge in [-0.2, -0.15) is 5.21 Å². The van der Waals surface area contributed by atoms with Gasteiger partial charge in [-0.3, -0.25) is 0 Å². The molecule has 0 atom stereocenters. The van der Waals surface area contributed by atoms with Gasteiger partial charge in [-0.05, 0) is 12.1 Å². The van der Waals surface area contributed by atoms with E-state index in [1.807, 2.05) is 0 Å². The van der Waals surface area contributed by atoms with Gasteiger partial charge >= 0.3 is 0 Å². The SMILES string of the molecule is Fc1cccc(OCCc2nn[nH]n2)c1. The highest BCUT2D eigenvalue weighted by atomic mass is 19.1. The molecule has 15 heavy (non-hydrogen) atoms. The summed E-state index contributed by atoms with van der Waals surface area (Å²) in [5.74, 6) is 0.761. The van der Waals surface area contributed by atoms with Crippen LogP contribution in [-0.4, -0.2) is 27.2 Å². The largest absolute Gasteiger partial charge is 0.493 e. The molecule has 0 aliphatic heterocycles. The number of aromatic nitrogens is 4. The Hall–Kier alpha value is -1.98. The highest BCUT2D eigenvalue weighted by molar-refractivity contribution is 5.22. The molecule has 0 aliphatic rings. The van der Waals surface area contributed by atoms with Gasteiger partial charge in [-0.1, -0.05) is 11.3 Å². The van der Waals surface area contributed by atoms with E-state index in [0.717, 1.165) is 0 Å². The lowest BCUT2D eigenvalue weighted by Crippen LogP contribution is -2.02. The van der Waals surface area contributed by atoms with Crippen LogP contribution in [0.25, 0.3) is 0 Å². The van der Waals surface area contributed by atoms with Crippen LogP contribution in [-0.2, 0) is 6.42 Å². The monoisotopic (exact) mass is 208 g/mol. The summed E-state index contributed by atoms with van der Waals surface area (Å²) in [5.41, 5.74) is 0. The quantitative estimate of drug-likeness (QED) is 0.812. The number of hydrogen-bond donors (Lipinski definition) is 1. The van der Waals surface area contributed by atoms with E-state index in [1.54, 1.807) is 12.1 Å². The van der Waals surface area contributed by atoms with Gasteiger partial charge in [0.1, 0.15) is 11.6 Å². The zero-order valence-corrected chi connectivity index (χ0v) is 7.85. The Labute approximate surface area is 85.3 Å². The first-order chi connectivity index (χ1) is 7.34. The summed E-state index contributed by atoms with van der Waals surface area (Å²) in [7, 11) is 0. The van der Waals surface area contributed by atoms with Crippen LogP contribution in [0.2, 0.25) is 0 Å². The van der Waals surface area contributed by atoms with E-state index >= 15 is 0 Å². The lowest BCUT2D eigenvalue weighted by atomic mass is 10.3. The maximum Gasteiger partial charge on any atom is 0.177 e. The number of aromatic amines is 1. The molecule has 5 nitrogen and oxygen atoms in total. The molecular weight excluding hydrogens is 199 g/mol. The smallest absolute Gasteiger partial charge is 0.177 e. The summed E-state index contributed by atoms with van der Waals surface area (Å²) < 4.78 is 18.0. The number of benzene rings is 1. The van der Waals surface area contributed by atoms with Crippen LogP contribution in [0.1, 0.15) is 5.82 Å². The first kappa shape index (κ1) is 9.57. The Kier molecular flexibility index (Phi) is 2.87. The van der Waals surface area contributed by atoms with Crippen molar-refractivity contribution >= 4 is 0 Å². The summed E-state index contributed by atoms with van der Waals surface area (Å²) in [6.45, 7) is 0.392. The second kappa shape index (κ2) is 4.50. The number of nitrogens with zero attached hydrogens (tertiary/aromatic N) is 3. The highest BCUT2D eigenvalue weighted by Crippen LogP contribution is 2.11. The van der Waals surface area contributed by atoms with E-state index in [4.69, 9.17) is 4.74 Å². The van der Waals surface area contributed by atoms with Crippen molar-refractivity contribution in [3.05, 3.63) is 35.9 Å². The average molecular weight is 208 g/mol. The number of nitrogens with one attached hydrogen (secondary N) is 1. The van der Waals surface area contributed by atoms with Gasteiger partial charge in [0.05, 0.1) is 6.61 Å². The van der Waals surface area contributed by atoms with Crippen LogP contribution >= 0.6 is 0 Å². The summed E-state index contributed by atoms with van der Waals surface area (Å²) >= 11 is 0. The second-order valence-corrected chi connectivity index (χ2v) is 2.88. The minimum absolute atomic E-state index is 0.313. The lowest BCUT2D eigenvalue weighted by molar-refractivity contribution is 0.317. The van der Waals surface area contributed by atoms with Gasteiger partial charge in [0, 0.05) is 12.5 Å². The van der Waals surface area contributed by atoms with E-state index in [-0.39, 0.29) is 5.82 Å². The topological polar surface area (TPSA) is 63.7 Å². The lowest BCUT2D eigenvalue weighted by Gasteiger charge is -2.03. The third-order valence-corrected chi connectivity index (χ3v) is 1.78. The summed E-state index contributed by atoms with van der Waals surface area (Å²) in [4.78, 5) is 0. The molecule has 0 bridgehead atoms. The second-order valence-electron chi connectivity index (χ2n) is 2.88. The average Bonchev–Trinajstić information content (AvgIpc) is 2.71. The Morgan fingerprint density at radius 3 is 3.07 bits per heavy atom. The number of hydrogen-bond acceptors (Lipinski definition) is 4. The number of tetrazole rings is 1. The van der Waals surface area contributed by atoms with Gasteiger partial charge in [0.15, 0.2) is 5.82 Å². The van der Waals surface area contributed by atoms with Crippen molar-refractivity contribution < 1.29 is 9.13 Å². The van der Waals surface area contributed by atoms with Crippen LogP contribution in [0.4, 0.5) is 4.39 Å².